The van der Waals surface area contributed by atoms with E-state index < -0.39 is 6.04 Å². The van der Waals surface area contributed by atoms with Crippen LogP contribution < -0.4 is 15.4 Å². The Hall–Kier alpha value is -1.55. The van der Waals surface area contributed by atoms with E-state index in [2.05, 4.69) is 0 Å². The molecule has 0 heterocycles. The Morgan fingerprint density at radius 1 is 1.44 bits per heavy atom. The SMILES string of the molecule is CC[C@H](N)C(=O)N(C)c1ccc(OC)cc1. The first-order valence-electron chi connectivity index (χ1n) is 5.27. The van der Waals surface area contributed by atoms with Crippen molar-refractivity contribution in [1.29, 1.82) is 0 Å². The second kappa shape index (κ2) is 5.51. The number of benzene rings is 1. The van der Waals surface area contributed by atoms with Gasteiger partial charge in [0.05, 0.1) is 13.2 Å². The predicted molar refractivity (Wildman–Crippen MR) is 64.7 cm³/mol. The summed E-state index contributed by atoms with van der Waals surface area (Å²) in [6.45, 7) is 1.89. The fourth-order valence-corrected chi connectivity index (χ4v) is 1.36. The zero-order valence-electron chi connectivity index (χ0n) is 9.93. The van der Waals surface area contributed by atoms with E-state index in [-0.39, 0.29) is 5.91 Å². The van der Waals surface area contributed by atoms with Crippen molar-refractivity contribution >= 4 is 11.6 Å². The highest BCUT2D eigenvalue weighted by Crippen LogP contribution is 2.18. The largest absolute Gasteiger partial charge is 0.497 e. The summed E-state index contributed by atoms with van der Waals surface area (Å²) in [5.74, 6) is 0.692. The molecule has 1 atom stereocenters. The first kappa shape index (κ1) is 12.5. The zero-order valence-corrected chi connectivity index (χ0v) is 9.93. The molecular weight excluding hydrogens is 204 g/mol. The molecule has 1 rings (SSSR count). The van der Waals surface area contributed by atoms with Gasteiger partial charge in [-0.3, -0.25) is 4.79 Å². The number of ether oxygens (including phenoxy) is 1. The fourth-order valence-electron chi connectivity index (χ4n) is 1.36. The monoisotopic (exact) mass is 222 g/mol. The van der Waals surface area contributed by atoms with Crippen molar-refractivity contribution in [2.45, 2.75) is 19.4 Å². The Labute approximate surface area is 96.0 Å². The molecule has 0 saturated carbocycles. The molecule has 88 valence electrons. The number of rotatable bonds is 4. The molecule has 2 N–H and O–H groups in total. The van der Waals surface area contributed by atoms with Crippen LogP contribution in [-0.2, 0) is 4.79 Å². The van der Waals surface area contributed by atoms with Gasteiger partial charge in [0, 0.05) is 12.7 Å². The number of hydrogen-bond donors (Lipinski definition) is 1. The van der Waals surface area contributed by atoms with Crippen LogP contribution in [0.25, 0.3) is 0 Å². The minimum atomic E-state index is -0.438. The molecule has 0 unspecified atom stereocenters. The van der Waals surface area contributed by atoms with E-state index in [0.717, 1.165) is 11.4 Å². The third-order valence-corrected chi connectivity index (χ3v) is 2.55. The molecule has 0 fully saturated rings. The second-order valence-electron chi connectivity index (χ2n) is 3.61. The molecule has 1 aromatic rings. The van der Waals surface area contributed by atoms with Crippen LogP contribution >= 0.6 is 0 Å². The van der Waals surface area contributed by atoms with Crippen LogP contribution in [0.4, 0.5) is 5.69 Å². The summed E-state index contributed by atoms with van der Waals surface area (Å²) in [7, 11) is 3.33. The Morgan fingerprint density at radius 2 is 2.00 bits per heavy atom. The van der Waals surface area contributed by atoms with Gasteiger partial charge in [-0.15, -0.1) is 0 Å². The Balaban J connectivity index is 2.79. The molecule has 0 aliphatic rings. The topological polar surface area (TPSA) is 55.6 Å². The minimum Gasteiger partial charge on any atom is -0.497 e. The molecule has 0 aromatic heterocycles. The maximum absolute atomic E-state index is 11.8. The van der Waals surface area contributed by atoms with E-state index in [4.69, 9.17) is 10.5 Å². The van der Waals surface area contributed by atoms with Crippen molar-refractivity contribution in [3.8, 4) is 5.75 Å². The molecule has 0 saturated heterocycles. The summed E-state index contributed by atoms with van der Waals surface area (Å²) in [6.07, 6.45) is 0.638. The molecular formula is C12H18N2O2. The van der Waals surface area contributed by atoms with Crippen molar-refractivity contribution in [3.05, 3.63) is 24.3 Å². The van der Waals surface area contributed by atoms with Gasteiger partial charge in [0.2, 0.25) is 5.91 Å². The van der Waals surface area contributed by atoms with Crippen LogP contribution in [-0.4, -0.2) is 26.1 Å². The van der Waals surface area contributed by atoms with Gasteiger partial charge in [0.15, 0.2) is 0 Å². The Kier molecular flexibility index (Phi) is 4.31. The average Bonchev–Trinajstić information content (AvgIpc) is 2.36. The lowest BCUT2D eigenvalue weighted by molar-refractivity contribution is -0.119. The van der Waals surface area contributed by atoms with Crippen LogP contribution in [0.1, 0.15) is 13.3 Å². The van der Waals surface area contributed by atoms with Gasteiger partial charge < -0.3 is 15.4 Å². The average molecular weight is 222 g/mol. The van der Waals surface area contributed by atoms with Crippen molar-refractivity contribution < 1.29 is 9.53 Å². The molecule has 4 heteroatoms. The molecule has 1 amide bonds. The molecule has 0 aliphatic heterocycles. The lowest BCUT2D eigenvalue weighted by atomic mass is 10.2. The van der Waals surface area contributed by atoms with Gasteiger partial charge >= 0.3 is 0 Å². The molecule has 4 nitrogen and oxygen atoms in total. The van der Waals surface area contributed by atoms with Crippen LogP contribution in [0, 0.1) is 0 Å². The number of methoxy groups -OCH3 is 1. The normalized spacial score (nSPS) is 12.0. The first-order chi connectivity index (χ1) is 7.60. The van der Waals surface area contributed by atoms with E-state index in [1.807, 2.05) is 31.2 Å². The highest BCUT2D eigenvalue weighted by molar-refractivity contribution is 5.96. The summed E-state index contributed by atoms with van der Waals surface area (Å²) in [4.78, 5) is 13.4. The fraction of sp³-hybridized carbons (Fsp3) is 0.417. The zero-order chi connectivity index (χ0) is 12.1. The first-order valence-corrected chi connectivity index (χ1v) is 5.27. The summed E-state index contributed by atoms with van der Waals surface area (Å²) in [5, 5.41) is 0. The van der Waals surface area contributed by atoms with Gasteiger partial charge in [-0.25, -0.2) is 0 Å². The number of carbonyl (C=O) groups is 1. The predicted octanol–water partition coefficient (Wildman–Crippen LogP) is 1.40. The Morgan fingerprint density at radius 3 is 2.44 bits per heavy atom. The summed E-state index contributed by atoms with van der Waals surface area (Å²) in [6, 6.07) is 6.86. The van der Waals surface area contributed by atoms with E-state index in [0.29, 0.717) is 6.42 Å². The Bertz CT molecular complexity index is 349. The number of nitrogens with two attached hydrogens (primary N) is 1. The molecule has 16 heavy (non-hydrogen) atoms. The summed E-state index contributed by atoms with van der Waals surface area (Å²) in [5.41, 5.74) is 6.51. The van der Waals surface area contributed by atoms with Crippen molar-refractivity contribution in [1.82, 2.24) is 0 Å². The van der Waals surface area contributed by atoms with Crippen molar-refractivity contribution in [2.75, 3.05) is 19.1 Å². The quantitative estimate of drug-likeness (QED) is 0.837. The van der Waals surface area contributed by atoms with E-state index >= 15 is 0 Å². The second-order valence-corrected chi connectivity index (χ2v) is 3.61. The standard InChI is InChI=1S/C12H18N2O2/c1-4-11(13)12(15)14(2)9-5-7-10(16-3)8-6-9/h5-8,11H,4,13H2,1-3H3/t11-/m0/s1. The van der Waals surface area contributed by atoms with Gasteiger partial charge in [-0.05, 0) is 30.7 Å². The van der Waals surface area contributed by atoms with E-state index in [9.17, 15) is 4.79 Å². The number of amides is 1. The third kappa shape index (κ3) is 2.73. The molecule has 0 bridgehead atoms. The number of likely N-dealkylation sites (N-methyl/N-ethyl adjacent to an activating group) is 1. The summed E-state index contributed by atoms with van der Waals surface area (Å²) >= 11 is 0. The van der Waals surface area contributed by atoms with Crippen LogP contribution in [0.2, 0.25) is 0 Å². The number of nitrogens with zero attached hydrogens (tertiary/aromatic N) is 1. The third-order valence-electron chi connectivity index (χ3n) is 2.55. The smallest absolute Gasteiger partial charge is 0.243 e. The van der Waals surface area contributed by atoms with E-state index in [1.54, 1.807) is 19.1 Å². The highest BCUT2D eigenvalue weighted by Gasteiger charge is 2.17. The lowest BCUT2D eigenvalue weighted by Gasteiger charge is -2.20. The van der Waals surface area contributed by atoms with Crippen molar-refractivity contribution in [2.24, 2.45) is 5.73 Å². The molecule has 0 radical (unpaired) electrons. The number of hydrogen-bond acceptors (Lipinski definition) is 3. The van der Waals surface area contributed by atoms with Crippen LogP contribution in [0.15, 0.2) is 24.3 Å². The van der Waals surface area contributed by atoms with Gasteiger partial charge in [0.25, 0.3) is 0 Å². The molecule has 1 aromatic carbocycles. The van der Waals surface area contributed by atoms with Gasteiger partial charge in [0.1, 0.15) is 5.75 Å². The van der Waals surface area contributed by atoms with Crippen LogP contribution in [0.5, 0.6) is 5.75 Å². The van der Waals surface area contributed by atoms with Crippen molar-refractivity contribution in [3.63, 3.8) is 0 Å². The van der Waals surface area contributed by atoms with Crippen LogP contribution in [0.3, 0.4) is 0 Å². The minimum absolute atomic E-state index is 0.0762. The molecule has 0 aliphatic carbocycles. The lowest BCUT2D eigenvalue weighted by Crippen LogP contribution is -2.41. The summed E-state index contributed by atoms with van der Waals surface area (Å²) < 4.78 is 5.05. The van der Waals surface area contributed by atoms with Gasteiger partial charge in [-0.1, -0.05) is 6.92 Å². The maximum Gasteiger partial charge on any atom is 0.243 e. The molecule has 0 spiro atoms. The highest BCUT2D eigenvalue weighted by atomic mass is 16.5. The number of anilines is 1. The number of carbonyl (C=O) groups excluding carboxylic acids is 1. The maximum atomic E-state index is 11.8. The van der Waals surface area contributed by atoms with E-state index in [1.165, 1.54) is 0 Å². The van der Waals surface area contributed by atoms with Gasteiger partial charge in [-0.2, -0.15) is 0 Å².